The highest BCUT2D eigenvalue weighted by molar-refractivity contribution is 5.24. The van der Waals surface area contributed by atoms with Crippen molar-refractivity contribution in [3.8, 4) is 0 Å². The van der Waals surface area contributed by atoms with Crippen molar-refractivity contribution in [1.29, 1.82) is 0 Å². The lowest BCUT2D eigenvalue weighted by Gasteiger charge is -2.32. The predicted molar refractivity (Wildman–Crippen MR) is 65.4 cm³/mol. The van der Waals surface area contributed by atoms with Gasteiger partial charge in [0.2, 0.25) is 0 Å². The molecule has 0 aliphatic carbocycles. The normalized spacial score (nSPS) is 14.7. The Kier molecular flexibility index (Phi) is 5.46. The molecule has 0 aliphatic rings. The fraction of sp³-hybridized carbons (Fsp3) is 0.538. The lowest BCUT2D eigenvalue weighted by atomic mass is 9.88. The largest absolute Gasteiger partial charge is 0.394 e. The van der Waals surface area contributed by atoms with E-state index in [1.54, 1.807) is 7.11 Å². The minimum atomic E-state index is -0.347. The van der Waals surface area contributed by atoms with Crippen molar-refractivity contribution in [2.24, 2.45) is 0 Å². The smallest absolute Gasteiger partial charge is 0.0667 e. The van der Waals surface area contributed by atoms with Gasteiger partial charge < -0.3 is 15.2 Å². The van der Waals surface area contributed by atoms with E-state index in [-0.39, 0.29) is 12.1 Å². The topological polar surface area (TPSA) is 41.5 Å². The number of nitrogens with one attached hydrogen (secondary N) is 1. The number of hydrogen-bond acceptors (Lipinski definition) is 3. The van der Waals surface area contributed by atoms with Crippen LogP contribution in [0.4, 0.5) is 0 Å². The van der Waals surface area contributed by atoms with Crippen LogP contribution in [-0.4, -0.2) is 32.0 Å². The molecule has 1 unspecified atom stereocenters. The maximum Gasteiger partial charge on any atom is 0.0667 e. The molecule has 0 radical (unpaired) electrons. The molecule has 1 aromatic rings. The van der Waals surface area contributed by atoms with Crippen molar-refractivity contribution in [2.75, 3.05) is 26.9 Å². The highest BCUT2D eigenvalue weighted by Crippen LogP contribution is 2.23. The van der Waals surface area contributed by atoms with E-state index in [9.17, 15) is 5.11 Å². The van der Waals surface area contributed by atoms with E-state index in [1.165, 1.54) is 0 Å². The fourth-order valence-corrected chi connectivity index (χ4v) is 1.84. The molecule has 0 spiro atoms. The summed E-state index contributed by atoms with van der Waals surface area (Å²) in [5.41, 5.74) is 0.774. The van der Waals surface area contributed by atoms with Crippen molar-refractivity contribution in [3.05, 3.63) is 35.9 Å². The van der Waals surface area contributed by atoms with Crippen LogP contribution in [0.15, 0.2) is 30.3 Å². The van der Waals surface area contributed by atoms with Crippen molar-refractivity contribution >= 4 is 0 Å². The molecule has 0 bridgehead atoms. The first-order chi connectivity index (χ1) is 7.79. The van der Waals surface area contributed by atoms with Gasteiger partial charge in [-0.1, -0.05) is 37.3 Å². The number of rotatable bonds is 7. The van der Waals surface area contributed by atoms with Gasteiger partial charge >= 0.3 is 0 Å². The Labute approximate surface area is 97.4 Å². The molecule has 3 heteroatoms. The van der Waals surface area contributed by atoms with Gasteiger partial charge in [0, 0.05) is 13.7 Å². The molecular weight excluding hydrogens is 202 g/mol. The van der Waals surface area contributed by atoms with Gasteiger partial charge in [-0.25, -0.2) is 0 Å². The Hall–Kier alpha value is -0.900. The SMILES string of the molecule is CCC(CO)(NCCOC)c1ccccc1. The molecule has 2 N–H and O–H groups in total. The zero-order chi connectivity index (χ0) is 11.9. The summed E-state index contributed by atoms with van der Waals surface area (Å²) in [5, 5.41) is 13.0. The van der Waals surface area contributed by atoms with E-state index in [4.69, 9.17) is 4.74 Å². The highest BCUT2D eigenvalue weighted by Gasteiger charge is 2.28. The van der Waals surface area contributed by atoms with Crippen LogP contribution in [-0.2, 0) is 10.3 Å². The van der Waals surface area contributed by atoms with Crippen LogP contribution in [0.25, 0.3) is 0 Å². The third-order valence-electron chi connectivity index (χ3n) is 2.97. The van der Waals surface area contributed by atoms with Crippen LogP contribution >= 0.6 is 0 Å². The molecule has 16 heavy (non-hydrogen) atoms. The number of hydrogen-bond donors (Lipinski definition) is 2. The Morgan fingerprint density at radius 1 is 1.31 bits per heavy atom. The molecular formula is C13H21NO2. The van der Waals surface area contributed by atoms with Crippen LogP contribution in [0, 0.1) is 0 Å². The lowest BCUT2D eigenvalue weighted by Crippen LogP contribution is -2.46. The zero-order valence-electron chi connectivity index (χ0n) is 10.1. The van der Waals surface area contributed by atoms with Gasteiger partial charge in [-0.2, -0.15) is 0 Å². The van der Waals surface area contributed by atoms with Crippen molar-refractivity contribution < 1.29 is 9.84 Å². The molecule has 3 nitrogen and oxygen atoms in total. The van der Waals surface area contributed by atoms with E-state index in [1.807, 2.05) is 30.3 Å². The first-order valence-corrected chi connectivity index (χ1v) is 5.69. The minimum absolute atomic E-state index is 0.0945. The summed E-state index contributed by atoms with van der Waals surface area (Å²) in [4.78, 5) is 0. The third-order valence-corrected chi connectivity index (χ3v) is 2.97. The fourth-order valence-electron chi connectivity index (χ4n) is 1.84. The number of benzene rings is 1. The van der Waals surface area contributed by atoms with Crippen molar-refractivity contribution in [1.82, 2.24) is 5.32 Å². The van der Waals surface area contributed by atoms with Crippen molar-refractivity contribution in [3.63, 3.8) is 0 Å². The van der Waals surface area contributed by atoms with Crippen molar-refractivity contribution in [2.45, 2.75) is 18.9 Å². The van der Waals surface area contributed by atoms with Crippen LogP contribution in [0.3, 0.4) is 0 Å². The summed E-state index contributed by atoms with van der Waals surface area (Å²) in [6.45, 7) is 3.55. The van der Waals surface area contributed by atoms with E-state index in [0.29, 0.717) is 6.61 Å². The van der Waals surface area contributed by atoms with Gasteiger partial charge in [-0.15, -0.1) is 0 Å². The molecule has 1 atom stereocenters. The molecule has 90 valence electrons. The highest BCUT2D eigenvalue weighted by atomic mass is 16.5. The number of methoxy groups -OCH3 is 1. The van der Waals surface area contributed by atoms with Crippen LogP contribution in [0.2, 0.25) is 0 Å². The average Bonchev–Trinajstić information content (AvgIpc) is 2.36. The summed E-state index contributed by atoms with van der Waals surface area (Å²) in [7, 11) is 1.68. The monoisotopic (exact) mass is 223 g/mol. The summed E-state index contributed by atoms with van der Waals surface area (Å²) in [6.07, 6.45) is 0.844. The second kappa shape index (κ2) is 6.63. The van der Waals surface area contributed by atoms with Gasteiger partial charge in [-0.05, 0) is 12.0 Å². The summed E-state index contributed by atoms with van der Waals surface area (Å²) < 4.78 is 5.02. The van der Waals surface area contributed by atoms with Gasteiger partial charge in [-0.3, -0.25) is 0 Å². The van der Waals surface area contributed by atoms with Gasteiger partial charge in [0.05, 0.1) is 18.8 Å². The maximum absolute atomic E-state index is 9.63. The minimum Gasteiger partial charge on any atom is -0.394 e. The second-order valence-electron chi connectivity index (χ2n) is 3.88. The number of ether oxygens (including phenoxy) is 1. The first-order valence-electron chi connectivity index (χ1n) is 5.69. The molecule has 0 aromatic heterocycles. The van der Waals surface area contributed by atoms with Crippen LogP contribution < -0.4 is 5.32 Å². The second-order valence-corrected chi connectivity index (χ2v) is 3.88. The summed E-state index contributed by atoms with van der Waals surface area (Å²) in [6, 6.07) is 10.1. The Morgan fingerprint density at radius 2 is 2.00 bits per heavy atom. The van der Waals surface area contributed by atoms with Crippen LogP contribution in [0.1, 0.15) is 18.9 Å². The molecule has 0 saturated heterocycles. The van der Waals surface area contributed by atoms with Crippen LogP contribution in [0.5, 0.6) is 0 Å². The Bertz CT molecular complexity index is 283. The lowest BCUT2D eigenvalue weighted by molar-refractivity contribution is 0.134. The van der Waals surface area contributed by atoms with Gasteiger partial charge in [0.25, 0.3) is 0 Å². The average molecular weight is 223 g/mol. The van der Waals surface area contributed by atoms with E-state index < -0.39 is 0 Å². The Balaban J connectivity index is 2.79. The molecule has 0 heterocycles. The standard InChI is InChI=1S/C13H21NO2/c1-3-13(11-15,14-9-10-16-2)12-7-5-4-6-8-12/h4-8,14-15H,3,9-11H2,1-2H3. The molecule has 0 saturated carbocycles. The van der Waals surface area contributed by atoms with Gasteiger partial charge in [0.1, 0.15) is 0 Å². The molecule has 1 rings (SSSR count). The maximum atomic E-state index is 9.63. The molecule has 0 fully saturated rings. The zero-order valence-corrected chi connectivity index (χ0v) is 10.1. The summed E-state index contributed by atoms with van der Waals surface area (Å²) >= 11 is 0. The molecule has 0 aliphatic heterocycles. The number of aliphatic hydroxyl groups excluding tert-OH is 1. The third kappa shape index (κ3) is 3.04. The molecule has 1 aromatic carbocycles. The number of aliphatic hydroxyl groups is 1. The van der Waals surface area contributed by atoms with Gasteiger partial charge in [0.15, 0.2) is 0 Å². The van der Waals surface area contributed by atoms with E-state index >= 15 is 0 Å². The first kappa shape index (κ1) is 13.2. The predicted octanol–water partition coefficient (Wildman–Crippen LogP) is 1.52. The van der Waals surface area contributed by atoms with E-state index in [0.717, 1.165) is 18.5 Å². The Morgan fingerprint density at radius 3 is 2.50 bits per heavy atom. The quantitative estimate of drug-likeness (QED) is 0.689. The molecule has 0 amide bonds. The van der Waals surface area contributed by atoms with E-state index in [2.05, 4.69) is 12.2 Å². The summed E-state index contributed by atoms with van der Waals surface area (Å²) in [5.74, 6) is 0.